The van der Waals surface area contributed by atoms with E-state index in [4.69, 9.17) is 4.74 Å². The van der Waals surface area contributed by atoms with Gasteiger partial charge in [-0.05, 0) is 30.7 Å². The van der Waals surface area contributed by atoms with Gasteiger partial charge in [0, 0.05) is 11.6 Å². The zero-order valence-corrected chi connectivity index (χ0v) is 12.5. The largest absolute Gasteiger partial charge is 0.402 e. The van der Waals surface area contributed by atoms with Gasteiger partial charge in [-0.1, -0.05) is 24.3 Å². The topological polar surface area (TPSA) is 81.8 Å². The van der Waals surface area contributed by atoms with E-state index in [1.807, 2.05) is 0 Å². The molecule has 0 unspecified atom stereocenters. The van der Waals surface area contributed by atoms with Crippen LogP contribution in [-0.2, 0) is 9.53 Å². The van der Waals surface area contributed by atoms with Crippen molar-refractivity contribution in [3.63, 3.8) is 0 Å². The molecule has 0 fully saturated rings. The predicted octanol–water partition coefficient (Wildman–Crippen LogP) is 3.39. The van der Waals surface area contributed by atoms with E-state index in [1.54, 1.807) is 25.1 Å². The molecule has 6 nitrogen and oxygen atoms in total. The minimum atomic E-state index is -0.739. The lowest BCUT2D eigenvalue weighted by Crippen LogP contribution is -2.07. The minimum Gasteiger partial charge on any atom is -0.402 e. The molecule has 0 aromatic heterocycles. The highest BCUT2D eigenvalue weighted by molar-refractivity contribution is 6.12. The maximum Gasteiger partial charge on any atom is 0.363 e. The van der Waals surface area contributed by atoms with Crippen molar-refractivity contribution < 1.29 is 18.8 Å². The monoisotopic (exact) mass is 326 g/mol. The Morgan fingerprint density at radius 3 is 2.71 bits per heavy atom. The maximum atomic E-state index is 13.7. The molecule has 120 valence electrons. The molecular formula is C17H11FN2O4. The van der Waals surface area contributed by atoms with E-state index < -0.39 is 16.7 Å². The fourth-order valence-corrected chi connectivity index (χ4v) is 2.23. The Kier molecular flexibility index (Phi) is 3.91. The Morgan fingerprint density at radius 2 is 2.00 bits per heavy atom. The van der Waals surface area contributed by atoms with Crippen molar-refractivity contribution in [2.45, 2.75) is 6.92 Å². The van der Waals surface area contributed by atoms with Gasteiger partial charge in [-0.15, -0.1) is 0 Å². The number of halogens is 1. The van der Waals surface area contributed by atoms with E-state index in [1.165, 1.54) is 30.3 Å². The molecule has 1 aliphatic rings. The standard InChI is InChI=1S/C17H11FN2O4/c1-10-6-7-11(9-15(10)20(22)23)8-14-17(21)24-16(19-14)12-4-2-3-5-13(12)18/h2-9H,1H3/b14-8-. The first kappa shape index (κ1) is 15.5. The molecule has 0 radical (unpaired) electrons. The normalized spacial score (nSPS) is 15.3. The number of aryl methyl sites for hydroxylation is 1. The molecule has 1 aliphatic heterocycles. The van der Waals surface area contributed by atoms with Crippen LogP contribution < -0.4 is 0 Å². The van der Waals surface area contributed by atoms with Crippen molar-refractivity contribution in [1.82, 2.24) is 0 Å². The molecule has 0 N–H and O–H groups in total. The lowest BCUT2D eigenvalue weighted by atomic mass is 10.1. The third-order valence-corrected chi connectivity index (χ3v) is 3.46. The molecule has 0 spiro atoms. The molecule has 0 atom stereocenters. The van der Waals surface area contributed by atoms with Crippen LogP contribution in [0.2, 0.25) is 0 Å². The third kappa shape index (κ3) is 2.91. The Hall–Kier alpha value is -3.35. The number of nitro benzene ring substituents is 1. The van der Waals surface area contributed by atoms with Crippen molar-refractivity contribution in [1.29, 1.82) is 0 Å². The lowest BCUT2D eigenvalue weighted by Gasteiger charge is -1.99. The molecule has 0 bridgehead atoms. The zero-order chi connectivity index (χ0) is 17.3. The summed E-state index contributed by atoms with van der Waals surface area (Å²) in [7, 11) is 0. The van der Waals surface area contributed by atoms with Crippen molar-refractivity contribution in [3.05, 3.63) is 80.8 Å². The number of benzene rings is 2. The van der Waals surface area contributed by atoms with E-state index in [2.05, 4.69) is 4.99 Å². The minimum absolute atomic E-state index is 0.0496. The summed E-state index contributed by atoms with van der Waals surface area (Å²) in [5.41, 5.74) is 0.897. The van der Waals surface area contributed by atoms with Crippen LogP contribution in [0.5, 0.6) is 0 Å². The van der Waals surface area contributed by atoms with Gasteiger partial charge in [0.25, 0.3) is 5.69 Å². The van der Waals surface area contributed by atoms with Crippen LogP contribution >= 0.6 is 0 Å². The van der Waals surface area contributed by atoms with Gasteiger partial charge in [0.05, 0.1) is 10.5 Å². The summed E-state index contributed by atoms with van der Waals surface area (Å²) < 4.78 is 18.7. The first-order valence-electron chi connectivity index (χ1n) is 6.98. The van der Waals surface area contributed by atoms with Gasteiger partial charge in [0.1, 0.15) is 5.82 Å². The number of nitrogens with zero attached hydrogens (tertiary/aromatic N) is 2. The number of cyclic esters (lactones) is 1. The van der Waals surface area contributed by atoms with Crippen LogP contribution in [0.3, 0.4) is 0 Å². The van der Waals surface area contributed by atoms with E-state index in [0.717, 1.165) is 0 Å². The molecule has 2 aromatic carbocycles. The summed E-state index contributed by atoms with van der Waals surface area (Å²) in [6.45, 7) is 1.62. The summed E-state index contributed by atoms with van der Waals surface area (Å²) in [6, 6.07) is 10.3. The fourth-order valence-electron chi connectivity index (χ4n) is 2.23. The smallest absolute Gasteiger partial charge is 0.363 e. The fraction of sp³-hybridized carbons (Fsp3) is 0.0588. The van der Waals surface area contributed by atoms with Gasteiger partial charge >= 0.3 is 5.97 Å². The second-order valence-electron chi connectivity index (χ2n) is 5.12. The number of aliphatic imine (C=N–C) groups is 1. The van der Waals surface area contributed by atoms with E-state index >= 15 is 0 Å². The van der Waals surface area contributed by atoms with Gasteiger partial charge in [0.15, 0.2) is 5.70 Å². The van der Waals surface area contributed by atoms with E-state index in [-0.39, 0.29) is 22.8 Å². The number of carbonyl (C=O) groups excluding carboxylic acids is 1. The van der Waals surface area contributed by atoms with Gasteiger partial charge in [-0.2, -0.15) is 0 Å². The van der Waals surface area contributed by atoms with Crippen LogP contribution in [0.4, 0.5) is 10.1 Å². The number of carbonyl (C=O) groups is 1. The van der Waals surface area contributed by atoms with Crippen LogP contribution in [0.25, 0.3) is 6.08 Å². The molecule has 7 heteroatoms. The maximum absolute atomic E-state index is 13.7. The number of hydrogen-bond acceptors (Lipinski definition) is 5. The zero-order valence-electron chi connectivity index (χ0n) is 12.5. The Labute approximate surface area is 136 Å². The van der Waals surface area contributed by atoms with E-state index in [0.29, 0.717) is 11.1 Å². The molecule has 0 amide bonds. The van der Waals surface area contributed by atoms with Gasteiger partial charge in [-0.3, -0.25) is 10.1 Å². The summed E-state index contributed by atoms with van der Waals surface area (Å²) in [6.07, 6.45) is 1.36. The van der Waals surface area contributed by atoms with Crippen molar-refractivity contribution in [2.75, 3.05) is 0 Å². The van der Waals surface area contributed by atoms with Crippen LogP contribution in [0.1, 0.15) is 16.7 Å². The predicted molar refractivity (Wildman–Crippen MR) is 84.8 cm³/mol. The average Bonchev–Trinajstić information content (AvgIpc) is 2.90. The Morgan fingerprint density at radius 1 is 1.25 bits per heavy atom. The number of ether oxygens (including phenoxy) is 1. The van der Waals surface area contributed by atoms with Crippen LogP contribution in [0.15, 0.2) is 53.2 Å². The highest BCUT2D eigenvalue weighted by atomic mass is 19.1. The van der Waals surface area contributed by atoms with Gasteiger partial charge in [0.2, 0.25) is 5.90 Å². The van der Waals surface area contributed by atoms with Gasteiger partial charge in [-0.25, -0.2) is 14.2 Å². The second-order valence-corrected chi connectivity index (χ2v) is 5.12. The van der Waals surface area contributed by atoms with E-state index in [9.17, 15) is 19.3 Å². The Bertz CT molecular complexity index is 919. The van der Waals surface area contributed by atoms with Gasteiger partial charge < -0.3 is 4.74 Å². The number of esters is 1. The SMILES string of the molecule is Cc1ccc(/C=C2\N=C(c3ccccc3F)OC2=O)cc1[N+](=O)[O-]. The lowest BCUT2D eigenvalue weighted by molar-refractivity contribution is -0.385. The molecular weight excluding hydrogens is 315 g/mol. The molecule has 3 rings (SSSR count). The van der Waals surface area contributed by atoms with Crippen molar-refractivity contribution in [2.24, 2.45) is 4.99 Å². The molecule has 24 heavy (non-hydrogen) atoms. The highest BCUT2D eigenvalue weighted by Gasteiger charge is 2.26. The average molecular weight is 326 g/mol. The van der Waals surface area contributed by atoms with Crippen molar-refractivity contribution >= 4 is 23.6 Å². The molecule has 1 heterocycles. The Balaban J connectivity index is 1.99. The first-order valence-corrected chi connectivity index (χ1v) is 6.98. The molecule has 0 saturated carbocycles. The first-order chi connectivity index (χ1) is 11.5. The summed E-state index contributed by atoms with van der Waals surface area (Å²) >= 11 is 0. The number of rotatable bonds is 3. The highest BCUT2D eigenvalue weighted by Crippen LogP contribution is 2.24. The van der Waals surface area contributed by atoms with Crippen LogP contribution in [-0.4, -0.2) is 16.8 Å². The number of nitro groups is 1. The van der Waals surface area contributed by atoms with Crippen LogP contribution in [0, 0.1) is 22.9 Å². The third-order valence-electron chi connectivity index (χ3n) is 3.46. The summed E-state index contributed by atoms with van der Waals surface area (Å²) in [4.78, 5) is 26.4. The molecule has 0 saturated heterocycles. The summed E-state index contributed by atoms with van der Waals surface area (Å²) in [5, 5.41) is 11.0. The molecule has 2 aromatic rings. The second kappa shape index (κ2) is 6.04. The molecule has 0 aliphatic carbocycles. The van der Waals surface area contributed by atoms with Crippen molar-refractivity contribution in [3.8, 4) is 0 Å². The quantitative estimate of drug-likeness (QED) is 0.375. The summed E-state index contributed by atoms with van der Waals surface area (Å²) in [5.74, 6) is -1.43. The number of hydrogen-bond donors (Lipinski definition) is 0.